The lowest BCUT2D eigenvalue weighted by atomic mass is 10.0. The van der Waals surface area contributed by atoms with Gasteiger partial charge in [-0.25, -0.2) is 13.4 Å². The lowest BCUT2D eigenvalue weighted by Gasteiger charge is -2.16. The first kappa shape index (κ1) is 14.2. The molecule has 1 saturated heterocycles. The van der Waals surface area contributed by atoms with E-state index in [1.165, 1.54) is 16.6 Å². The van der Waals surface area contributed by atoms with Gasteiger partial charge >= 0.3 is 0 Å². The second-order valence-corrected chi connectivity index (χ2v) is 7.90. The standard InChI is InChI=1S/C11H14BrClN2O2S/c1-7-5-15(6-8(7)2)18(16,17)10-3-9(12)4-14-11(10)13/h3-4,7-8H,5-6H2,1-2H3. The maximum absolute atomic E-state index is 12.5. The van der Waals surface area contributed by atoms with Crippen molar-refractivity contribution in [3.8, 4) is 0 Å². The van der Waals surface area contributed by atoms with Crippen molar-refractivity contribution in [2.45, 2.75) is 18.7 Å². The van der Waals surface area contributed by atoms with Gasteiger partial charge < -0.3 is 0 Å². The molecule has 1 aliphatic heterocycles. The Labute approximate surface area is 121 Å². The fourth-order valence-corrected chi connectivity index (χ4v) is 4.56. The van der Waals surface area contributed by atoms with Gasteiger partial charge in [0.2, 0.25) is 10.0 Å². The molecule has 0 amide bonds. The van der Waals surface area contributed by atoms with E-state index in [0.29, 0.717) is 29.4 Å². The van der Waals surface area contributed by atoms with E-state index >= 15 is 0 Å². The van der Waals surface area contributed by atoms with Crippen LogP contribution in [0.3, 0.4) is 0 Å². The minimum Gasteiger partial charge on any atom is -0.242 e. The van der Waals surface area contributed by atoms with Crippen LogP contribution in [0.4, 0.5) is 0 Å². The first-order valence-electron chi connectivity index (χ1n) is 5.63. The Bertz CT molecular complexity index is 554. The Morgan fingerprint density at radius 1 is 1.39 bits per heavy atom. The summed E-state index contributed by atoms with van der Waals surface area (Å²) in [6, 6.07) is 1.50. The quantitative estimate of drug-likeness (QED) is 0.768. The fraction of sp³-hybridized carbons (Fsp3) is 0.545. The molecule has 0 spiro atoms. The van der Waals surface area contributed by atoms with Crippen LogP contribution >= 0.6 is 27.5 Å². The van der Waals surface area contributed by atoms with Crippen molar-refractivity contribution in [2.24, 2.45) is 11.8 Å². The molecule has 0 bridgehead atoms. The van der Waals surface area contributed by atoms with E-state index in [-0.39, 0.29) is 10.0 Å². The van der Waals surface area contributed by atoms with Crippen LogP contribution in [0, 0.1) is 11.8 Å². The molecule has 2 unspecified atom stereocenters. The van der Waals surface area contributed by atoms with Crippen LogP contribution in [0.2, 0.25) is 5.15 Å². The second kappa shape index (κ2) is 5.07. The molecule has 2 atom stereocenters. The zero-order valence-corrected chi connectivity index (χ0v) is 13.3. The van der Waals surface area contributed by atoms with Crippen LogP contribution in [0.25, 0.3) is 0 Å². The molecule has 0 aliphatic carbocycles. The van der Waals surface area contributed by atoms with E-state index in [1.807, 2.05) is 0 Å². The van der Waals surface area contributed by atoms with Gasteiger partial charge in [-0.3, -0.25) is 0 Å². The largest absolute Gasteiger partial charge is 0.246 e. The predicted molar refractivity (Wildman–Crippen MR) is 74.0 cm³/mol. The molecule has 1 fully saturated rings. The summed E-state index contributed by atoms with van der Waals surface area (Å²) in [5.41, 5.74) is 0. The smallest absolute Gasteiger partial charge is 0.242 e. The highest BCUT2D eigenvalue weighted by Gasteiger charge is 2.36. The Morgan fingerprint density at radius 2 is 1.94 bits per heavy atom. The van der Waals surface area contributed by atoms with Crippen molar-refractivity contribution in [3.63, 3.8) is 0 Å². The summed E-state index contributed by atoms with van der Waals surface area (Å²) >= 11 is 9.11. The third-order valence-electron chi connectivity index (χ3n) is 3.35. The number of rotatable bonds is 2. The highest BCUT2D eigenvalue weighted by molar-refractivity contribution is 9.10. The van der Waals surface area contributed by atoms with E-state index in [0.717, 1.165) is 0 Å². The molecule has 1 aliphatic rings. The van der Waals surface area contributed by atoms with Gasteiger partial charge in [-0.2, -0.15) is 4.31 Å². The van der Waals surface area contributed by atoms with Gasteiger partial charge in [0.15, 0.2) is 0 Å². The number of sulfonamides is 1. The molecule has 4 nitrogen and oxygen atoms in total. The zero-order chi connectivity index (χ0) is 13.5. The van der Waals surface area contributed by atoms with Gasteiger partial charge in [-0.1, -0.05) is 25.4 Å². The van der Waals surface area contributed by atoms with Gasteiger partial charge in [0, 0.05) is 23.8 Å². The summed E-state index contributed by atoms with van der Waals surface area (Å²) in [5, 5.41) is 0.0189. The van der Waals surface area contributed by atoms with Crippen LogP contribution in [-0.4, -0.2) is 30.8 Å². The number of hydrogen-bond acceptors (Lipinski definition) is 3. The fourth-order valence-electron chi connectivity index (χ4n) is 2.00. The highest BCUT2D eigenvalue weighted by Crippen LogP contribution is 2.31. The molecule has 18 heavy (non-hydrogen) atoms. The van der Waals surface area contributed by atoms with E-state index in [1.54, 1.807) is 0 Å². The van der Waals surface area contributed by atoms with Gasteiger partial charge in [0.1, 0.15) is 10.0 Å². The monoisotopic (exact) mass is 352 g/mol. The minimum absolute atomic E-state index is 0.0189. The summed E-state index contributed by atoms with van der Waals surface area (Å²) in [5.74, 6) is 0.720. The van der Waals surface area contributed by atoms with Crippen molar-refractivity contribution >= 4 is 37.6 Å². The van der Waals surface area contributed by atoms with E-state index in [9.17, 15) is 8.42 Å². The lowest BCUT2D eigenvalue weighted by molar-refractivity contribution is 0.463. The average Bonchev–Trinajstić information content (AvgIpc) is 2.63. The molecule has 1 aromatic heterocycles. The van der Waals surface area contributed by atoms with Crippen LogP contribution < -0.4 is 0 Å². The highest BCUT2D eigenvalue weighted by atomic mass is 79.9. The molecule has 0 radical (unpaired) electrons. The van der Waals surface area contributed by atoms with Gasteiger partial charge in [0.05, 0.1) is 0 Å². The molecular weight excluding hydrogens is 340 g/mol. The normalized spacial score (nSPS) is 25.6. The molecule has 2 heterocycles. The number of aromatic nitrogens is 1. The molecule has 1 aromatic rings. The molecule has 100 valence electrons. The maximum atomic E-state index is 12.5. The van der Waals surface area contributed by atoms with Gasteiger partial charge in [0.25, 0.3) is 0 Å². The zero-order valence-electron chi connectivity index (χ0n) is 10.1. The molecular formula is C11H14BrClN2O2S. The maximum Gasteiger partial charge on any atom is 0.246 e. The summed E-state index contributed by atoms with van der Waals surface area (Å²) in [6.07, 6.45) is 1.48. The number of nitrogens with zero attached hydrogens (tertiary/aromatic N) is 2. The first-order valence-corrected chi connectivity index (χ1v) is 8.24. The Kier molecular flexibility index (Phi) is 4.02. The molecule has 0 saturated carbocycles. The summed E-state index contributed by atoms with van der Waals surface area (Å²) in [4.78, 5) is 3.94. The third kappa shape index (κ3) is 2.57. The average molecular weight is 354 g/mol. The summed E-state index contributed by atoms with van der Waals surface area (Å²) in [6.45, 7) is 5.18. The number of halogens is 2. The molecule has 0 aromatic carbocycles. The van der Waals surface area contributed by atoms with Crippen LogP contribution in [-0.2, 0) is 10.0 Å². The van der Waals surface area contributed by atoms with Crippen molar-refractivity contribution in [3.05, 3.63) is 21.9 Å². The Hall–Kier alpha value is -0.170. The van der Waals surface area contributed by atoms with E-state index in [2.05, 4.69) is 34.8 Å². The van der Waals surface area contributed by atoms with Crippen molar-refractivity contribution in [2.75, 3.05) is 13.1 Å². The molecule has 7 heteroatoms. The summed E-state index contributed by atoms with van der Waals surface area (Å²) < 4.78 is 27.0. The SMILES string of the molecule is CC1CN(S(=O)(=O)c2cc(Br)cnc2Cl)CC1C. The second-order valence-electron chi connectivity index (χ2n) is 4.72. The van der Waals surface area contributed by atoms with Gasteiger partial charge in [-0.15, -0.1) is 0 Å². The van der Waals surface area contributed by atoms with Crippen molar-refractivity contribution in [1.82, 2.24) is 9.29 Å². The summed E-state index contributed by atoms with van der Waals surface area (Å²) in [7, 11) is -3.55. The minimum atomic E-state index is -3.55. The predicted octanol–water partition coefficient (Wildman–Crippen LogP) is 2.77. The van der Waals surface area contributed by atoms with E-state index < -0.39 is 10.0 Å². The van der Waals surface area contributed by atoms with Gasteiger partial charge in [-0.05, 0) is 33.8 Å². The van der Waals surface area contributed by atoms with Crippen LogP contribution in [0.5, 0.6) is 0 Å². The van der Waals surface area contributed by atoms with Crippen LogP contribution in [0.15, 0.2) is 21.6 Å². The third-order valence-corrected chi connectivity index (χ3v) is 6.04. The Morgan fingerprint density at radius 3 is 2.50 bits per heavy atom. The molecule has 0 N–H and O–H groups in total. The topological polar surface area (TPSA) is 50.3 Å². The van der Waals surface area contributed by atoms with Crippen molar-refractivity contribution in [1.29, 1.82) is 0 Å². The Balaban J connectivity index is 2.40. The van der Waals surface area contributed by atoms with Crippen molar-refractivity contribution < 1.29 is 8.42 Å². The molecule has 2 rings (SSSR count). The lowest BCUT2D eigenvalue weighted by Crippen LogP contribution is -2.29. The van der Waals surface area contributed by atoms with Crippen LogP contribution in [0.1, 0.15) is 13.8 Å². The van der Waals surface area contributed by atoms with E-state index in [4.69, 9.17) is 11.6 Å². The number of hydrogen-bond donors (Lipinski definition) is 0. The first-order chi connectivity index (χ1) is 8.32. The number of pyridine rings is 1.